The first-order valence-corrected chi connectivity index (χ1v) is 9.51. The lowest BCUT2D eigenvalue weighted by Crippen LogP contribution is -2.17. The number of nitrogens with one attached hydrogen (secondary N) is 2. The maximum atomic E-state index is 12.9. The van der Waals surface area contributed by atoms with Gasteiger partial charge in [-0.15, -0.1) is 0 Å². The standard InChI is InChI=1S/C18H20N2O6S/c1-4-12-5-6-13(18(22)23)9-17(12)27(24,25)20-15-10-14(19-11(2)21)7-8-16(15)26-3/h5-10,20H,4H2,1-3H3,(H,19,21)(H,22,23). The van der Waals surface area contributed by atoms with Crippen LogP contribution in [0.1, 0.15) is 29.8 Å². The molecule has 0 heterocycles. The van der Waals surface area contributed by atoms with Gasteiger partial charge in [0.25, 0.3) is 10.0 Å². The molecular formula is C18H20N2O6S. The number of ether oxygens (including phenoxy) is 1. The van der Waals surface area contributed by atoms with Crippen molar-refractivity contribution in [1.29, 1.82) is 0 Å². The molecule has 8 nitrogen and oxygen atoms in total. The molecule has 0 aromatic heterocycles. The van der Waals surface area contributed by atoms with E-state index in [1.54, 1.807) is 13.0 Å². The van der Waals surface area contributed by atoms with Gasteiger partial charge in [-0.3, -0.25) is 9.52 Å². The van der Waals surface area contributed by atoms with Crippen LogP contribution < -0.4 is 14.8 Å². The van der Waals surface area contributed by atoms with Gasteiger partial charge in [0.2, 0.25) is 5.91 Å². The largest absolute Gasteiger partial charge is 0.495 e. The number of sulfonamides is 1. The number of carbonyl (C=O) groups is 2. The number of benzene rings is 2. The van der Waals surface area contributed by atoms with Gasteiger partial charge in [-0.05, 0) is 42.3 Å². The summed E-state index contributed by atoms with van der Waals surface area (Å²) in [5, 5.41) is 11.7. The molecule has 0 radical (unpaired) electrons. The summed E-state index contributed by atoms with van der Waals surface area (Å²) in [6, 6.07) is 8.46. The highest BCUT2D eigenvalue weighted by molar-refractivity contribution is 7.92. The number of carboxylic acid groups (broad SMARTS) is 1. The van der Waals surface area contributed by atoms with E-state index in [4.69, 9.17) is 9.84 Å². The minimum absolute atomic E-state index is 0.117. The Labute approximate surface area is 157 Å². The van der Waals surface area contributed by atoms with Gasteiger partial charge in [0, 0.05) is 12.6 Å². The third-order valence-corrected chi connectivity index (χ3v) is 5.20. The van der Waals surface area contributed by atoms with E-state index < -0.39 is 16.0 Å². The fraction of sp³-hybridized carbons (Fsp3) is 0.222. The van der Waals surface area contributed by atoms with Gasteiger partial charge in [-0.25, -0.2) is 13.2 Å². The molecule has 1 amide bonds. The molecule has 0 atom stereocenters. The van der Waals surface area contributed by atoms with Gasteiger partial charge in [-0.1, -0.05) is 13.0 Å². The Morgan fingerprint density at radius 3 is 2.41 bits per heavy atom. The van der Waals surface area contributed by atoms with E-state index in [1.165, 1.54) is 38.3 Å². The lowest BCUT2D eigenvalue weighted by atomic mass is 10.1. The van der Waals surface area contributed by atoms with Crippen molar-refractivity contribution >= 4 is 33.3 Å². The highest BCUT2D eigenvalue weighted by Gasteiger charge is 2.22. The average molecular weight is 392 g/mol. The average Bonchev–Trinajstić information content (AvgIpc) is 2.60. The molecule has 2 rings (SSSR count). The van der Waals surface area contributed by atoms with Crippen molar-refractivity contribution in [2.75, 3.05) is 17.1 Å². The van der Waals surface area contributed by atoms with E-state index in [1.807, 2.05) is 0 Å². The molecule has 9 heteroatoms. The monoisotopic (exact) mass is 392 g/mol. The summed E-state index contributed by atoms with van der Waals surface area (Å²) in [6.07, 6.45) is 0.402. The van der Waals surface area contributed by atoms with Crippen LogP contribution in [0.2, 0.25) is 0 Å². The summed E-state index contributed by atoms with van der Waals surface area (Å²) in [4.78, 5) is 22.3. The van der Waals surface area contributed by atoms with Crippen LogP contribution in [0.25, 0.3) is 0 Å². The van der Waals surface area contributed by atoms with Gasteiger partial charge >= 0.3 is 5.97 Å². The lowest BCUT2D eigenvalue weighted by Gasteiger charge is -2.15. The molecule has 0 aliphatic carbocycles. The van der Waals surface area contributed by atoms with E-state index in [2.05, 4.69) is 10.0 Å². The molecule has 144 valence electrons. The molecule has 3 N–H and O–H groups in total. The molecule has 0 saturated heterocycles. The predicted octanol–water partition coefficient (Wildman–Crippen LogP) is 2.72. The van der Waals surface area contributed by atoms with Gasteiger partial charge in [0.05, 0.1) is 23.3 Å². The van der Waals surface area contributed by atoms with Crippen LogP contribution in [0.5, 0.6) is 5.75 Å². The second-order valence-corrected chi connectivity index (χ2v) is 7.33. The van der Waals surface area contributed by atoms with Crippen LogP contribution in [0.4, 0.5) is 11.4 Å². The maximum absolute atomic E-state index is 12.9. The summed E-state index contributed by atoms with van der Waals surface area (Å²) in [5.41, 5.74) is 0.846. The molecule has 0 aliphatic rings. The van der Waals surface area contributed by atoms with Crippen LogP contribution in [-0.2, 0) is 21.2 Å². The quantitative estimate of drug-likeness (QED) is 0.666. The minimum Gasteiger partial charge on any atom is -0.495 e. The van der Waals surface area contributed by atoms with Crippen molar-refractivity contribution in [3.8, 4) is 5.75 Å². The van der Waals surface area contributed by atoms with Crippen LogP contribution >= 0.6 is 0 Å². The molecule has 0 saturated carbocycles. The Hall–Kier alpha value is -3.07. The zero-order chi connectivity index (χ0) is 20.2. The Balaban J connectivity index is 2.51. The Bertz CT molecular complexity index is 985. The van der Waals surface area contributed by atoms with E-state index >= 15 is 0 Å². The summed E-state index contributed by atoms with van der Waals surface area (Å²) >= 11 is 0. The van der Waals surface area contributed by atoms with Gasteiger partial charge in [0.1, 0.15) is 5.75 Å². The van der Waals surface area contributed by atoms with Crippen molar-refractivity contribution < 1.29 is 27.9 Å². The van der Waals surface area contributed by atoms with Crippen LogP contribution in [0, 0.1) is 0 Å². The molecule has 27 heavy (non-hydrogen) atoms. The number of rotatable bonds is 7. The lowest BCUT2D eigenvalue weighted by molar-refractivity contribution is -0.114. The number of hydrogen-bond acceptors (Lipinski definition) is 5. The van der Waals surface area contributed by atoms with Crippen molar-refractivity contribution in [2.24, 2.45) is 0 Å². The van der Waals surface area contributed by atoms with Crippen molar-refractivity contribution in [3.63, 3.8) is 0 Å². The van der Waals surface area contributed by atoms with Crippen LogP contribution in [0.3, 0.4) is 0 Å². The SMILES string of the molecule is CCc1ccc(C(=O)O)cc1S(=O)(=O)Nc1cc(NC(C)=O)ccc1OC. The zero-order valence-corrected chi connectivity index (χ0v) is 15.9. The van der Waals surface area contributed by atoms with Crippen molar-refractivity contribution in [2.45, 2.75) is 25.2 Å². The molecule has 0 unspecified atom stereocenters. The number of amides is 1. The highest BCUT2D eigenvalue weighted by atomic mass is 32.2. The van der Waals surface area contributed by atoms with E-state index in [0.717, 1.165) is 6.07 Å². The van der Waals surface area contributed by atoms with Crippen LogP contribution in [0.15, 0.2) is 41.3 Å². The van der Waals surface area contributed by atoms with E-state index in [9.17, 15) is 18.0 Å². The molecule has 0 spiro atoms. The van der Waals surface area contributed by atoms with Gasteiger partial charge in [-0.2, -0.15) is 0 Å². The summed E-state index contributed by atoms with van der Waals surface area (Å²) in [6.45, 7) is 3.10. The number of methoxy groups -OCH3 is 1. The third kappa shape index (κ3) is 4.76. The molecule has 0 bridgehead atoms. The smallest absolute Gasteiger partial charge is 0.335 e. The number of anilines is 2. The first-order valence-electron chi connectivity index (χ1n) is 8.02. The summed E-state index contributed by atoms with van der Waals surface area (Å²) in [5.74, 6) is -1.28. The number of hydrogen-bond donors (Lipinski definition) is 3. The van der Waals surface area contributed by atoms with E-state index in [0.29, 0.717) is 17.7 Å². The van der Waals surface area contributed by atoms with Gasteiger partial charge < -0.3 is 15.2 Å². The number of carboxylic acids is 1. The predicted molar refractivity (Wildman–Crippen MR) is 101 cm³/mol. The van der Waals surface area contributed by atoms with E-state index in [-0.39, 0.29) is 27.8 Å². The third-order valence-electron chi connectivity index (χ3n) is 3.75. The fourth-order valence-corrected chi connectivity index (χ4v) is 3.90. The first-order chi connectivity index (χ1) is 12.7. The second-order valence-electron chi connectivity index (χ2n) is 5.68. The molecular weight excluding hydrogens is 372 g/mol. The van der Waals surface area contributed by atoms with Crippen LogP contribution in [-0.4, -0.2) is 32.5 Å². The topological polar surface area (TPSA) is 122 Å². The highest BCUT2D eigenvalue weighted by Crippen LogP contribution is 2.31. The number of carbonyl (C=O) groups excluding carboxylic acids is 1. The Morgan fingerprint density at radius 2 is 1.85 bits per heavy atom. The van der Waals surface area contributed by atoms with Crippen molar-refractivity contribution in [1.82, 2.24) is 0 Å². The zero-order valence-electron chi connectivity index (χ0n) is 15.1. The minimum atomic E-state index is -4.10. The molecule has 0 aliphatic heterocycles. The first kappa shape index (κ1) is 20.2. The Kier molecular flexibility index (Phi) is 6.06. The number of aromatic carboxylic acids is 1. The fourth-order valence-electron chi connectivity index (χ4n) is 2.50. The molecule has 2 aromatic carbocycles. The Morgan fingerprint density at radius 1 is 1.15 bits per heavy atom. The second kappa shape index (κ2) is 8.09. The van der Waals surface area contributed by atoms with Crippen molar-refractivity contribution in [3.05, 3.63) is 47.5 Å². The molecule has 0 fully saturated rings. The maximum Gasteiger partial charge on any atom is 0.335 e. The summed E-state index contributed by atoms with van der Waals surface area (Å²) in [7, 11) is -2.71. The van der Waals surface area contributed by atoms with Gasteiger partial charge in [0.15, 0.2) is 0 Å². The normalized spacial score (nSPS) is 10.9. The number of aryl methyl sites for hydroxylation is 1. The molecule has 2 aromatic rings. The summed E-state index contributed by atoms with van der Waals surface area (Å²) < 4.78 is 33.4.